The van der Waals surface area contributed by atoms with Crippen LogP contribution in [0.5, 0.6) is 11.5 Å². The van der Waals surface area contributed by atoms with Crippen molar-refractivity contribution in [3.8, 4) is 11.5 Å². The third-order valence-corrected chi connectivity index (χ3v) is 6.96. The molecule has 1 heterocycles. The van der Waals surface area contributed by atoms with Crippen molar-refractivity contribution < 1.29 is 19.1 Å². The number of hydrogen-bond donors (Lipinski definition) is 3. The summed E-state index contributed by atoms with van der Waals surface area (Å²) in [5.74, 6) is 1.39. The van der Waals surface area contributed by atoms with Crippen LogP contribution in [0.15, 0.2) is 66.7 Å². The number of nitrogens with zero attached hydrogens (tertiary/aromatic N) is 3. The molecule has 41 heavy (non-hydrogen) atoms. The largest absolute Gasteiger partial charge is 0.497 e. The van der Waals surface area contributed by atoms with Crippen molar-refractivity contribution in [1.29, 1.82) is 0 Å². The Labute approximate surface area is 242 Å². The molecule has 1 aliphatic rings. The van der Waals surface area contributed by atoms with E-state index in [1.807, 2.05) is 44.4 Å². The highest BCUT2D eigenvalue weighted by atomic mass is 16.5. The first-order valence-corrected chi connectivity index (χ1v) is 13.8. The smallest absolute Gasteiger partial charge is 0.323 e. The quantitative estimate of drug-likeness (QED) is 0.300. The number of urea groups is 1. The van der Waals surface area contributed by atoms with Crippen LogP contribution in [-0.4, -0.2) is 84.4 Å². The zero-order valence-corrected chi connectivity index (χ0v) is 24.3. The van der Waals surface area contributed by atoms with E-state index in [0.29, 0.717) is 29.2 Å². The molecule has 10 nitrogen and oxygen atoms in total. The van der Waals surface area contributed by atoms with Gasteiger partial charge in [-0.05, 0) is 81.7 Å². The predicted octanol–water partition coefficient (Wildman–Crippen LogP) is 4.36. The molecule has 0 unspecified atom stereocenters. The standard InChI is InChI=1S/C31H40N6O4/c1-35(2)17-7-16-32-30(38)26-22-24(34-31(39)33-23-10-13-25(40-3)14-11-23)12-15-27(26)36-18-20-37(21-19-36)28-8-5-6-9-29(28)41-4/h5-6,8-15,22H,7,16-21H2,1-4H3,(H,32,38)(H2,33,34,39). The Kier molecular flexibility index (Phi) is 10.3. The predicted molar refractivity (Wildman–Crippen MR) is 165 cm³/mol. The summed E-state index contributed by atoms with van der Waals surface area (Å²) in [4.78, 5) is 32.7. The minimum absolute atomic E-state index is 0.162. The molecule has 3 aromatic rings. The highest BCUT2D eigenvalue weighted by Crippen LogP contribution is 2.31. The first kappa shape index (κ1) is 29.5. The molecule has 3 aromatic carbocycles. The molecule has 10 heteroatoms. The highest BCUT2D eigenvalue weighted by molar-refractivity contribution is 6.04. The Balaban J connectivity index is 1.48. The fourth-order valence-electron chi connectivity index (χ4n) is 4.81. The van der Waals surface area contributed by atoms with Crippen molar-refractivity contribution >= 4 is 34.7 Å². The summed E-state index contributed by atoms with van der Waals surface area (Å²) in [6, 6.07) is 20.2. The molecule has 0 saturated carbocycles. The fraction of sp³-hybridized carbons (Fsp3) is 0.355. The zero-order chi connectivity index (χ0) is 29.2. The van der Waals surface area contributed by atoms with Gasteiger partial charge < -0.3 is 40.1 Å². The van der Waals surface area contributed by atoms with E-state index in [-0.39, 0.29) is 5.91 Å². The van der Waals surface area contributed by atoms with E-state index >= 15 is 0 Å². The Morgan fingerprint density at radius 1 is 0.805 bits per heavy atom. The van der Waals surface area contributed by atoms with Crippen LogP contribution in [-0.2, 0) is 0 Å². The van der Waals surface area contributed by atoms with Crippen molar-refractivity contribution in [2.24, 2.45) is 0 Å². The van der Waals surface area contributed by atoms with Gasteiger partial charge in [0, 0.05) is 49.8 Å². The van der Waals surface area contributed by atoms with Gasteiger partial charge in [-0.1, -0.05) is 12.1 Å². The number of hydrogen-bond acceptors (Lipinski definition) is 7. The van der Waals surface area contributed by atoms with Crippen molar-refractivity contribution in [2.45, 2.75) is 6.42 Å². The summed E-state index contributed by atoms with van der Waals surface area (Å²) in [6.07, 6.45) is 0.841. The van der Waals surface area contributed by atoms with Crippen LogP contribution in [0.2, 0.25) is 0 Å². The zero-order valence-electron chi connectivity index (χ0n) is 24.3. The topological polar surface area (TPSA) is 98.4 Å². The van der Waals surface area contributed by atoms with Gasteiger partial charge in [-0.3, -0.25) is 4.79 Å². The number of carbonyl (C=O) groups excluding carboxylic acids is 2. The van der Waals surface area contributed by atoms with Gasteiger partial charge in [-0.25, -0.2) is 4.79 Å². The van der Waals surface area contributed by atoms with E-state index in [9.17, 15) is 9.59 Å². The minimum Gasteiger partial charge on any atom is -0.497 e. The van der Waals surface area contributed by atoms with Gasteiger partial charge in [0.2, 0.25) is 0 Å². The molecule has 3 amide bonds. The molecule has 218 valence electrons. The van der Waals surface area contributed by atoms with Crippen molar-refractivity contribution in [2.75, 3.05) is 88.0 Å². The van der Waals surface area contributed by atoms with E-state index < -0.39 is 6.03 Å². The van der Waals surface area contributed by atoms with E-state index in [1.165, 1.54) is 0 Å². The Morgan fingerprint density at radius 2 is 1.44 bits per heavy atom. The van der Waals surface area contributed by atoms with Crippen LogP contribution in [0.4, 0.5) is 27.5 Å². The van der Waals surface area contributed by atoms with Gasteiger partial charge in [-0.2, -0.15) is 0 Å². The van der Waals surface area contributed by atoms with Gasteiger partial charge in [-0.15, -0.1) is 0 Å². The number of benzene rings is 3. The van der Waals surface area contributed by atoms with Crippen LogP contribution < -0.4 is 35.2 Å². The Morgan fingerprint density at radius 3 is 2.10 bits per heavy atom. The Bertz CT molecular complexity index is 1310. The third kappa shape index (κ3) is 8.04. The summed E-state index contributed by atoms with van der Waals surface area (Å²) in [6.45, 7) is 4.50. The molecule has 0 aliphatic carbocycles. The first-order valence-electron chi connectivity index (χ1n) is 13.8. The average Bonchev–Trinajstić information content (AvgIpc) is 2.99. The number of methoxy groups -OCH3 is 2. The molecule has 4 rings (SSSR count). The first-order chi connectivity index (χ1) is 19.9. The van der Waals surface area contributed by atoms with Gasteiger partial charge >= 0.3 is 6.03 Å². The number of piperazine rings is 1. The second-order valence-corrected chi connectivity index (χ2v) is 10.1. The second kappa shape index (κ2) is 14.3. The third-order valence-electron chi connectivity index (χ3n) is 6.96. The number of nitrogens with one attached hydrogen (secondary N) is 3. The molecule has 0 bridgehead atoms. The van der Waals surface area contributed by atoms with Gasteiger partial charge in [0.15, 0.2) is 0 Å². The molecule has 0 aromatic heterocycles. The van der Waals surface area contributed by atoms with E-state index in [2.05, 4.69) is 36.7 Å². The number of para-hydroxylation sites is 2. The monoisotopic (exact) mass is 560 g/mol. The second-order valence-electron chi connectivity index (χ2n) is 10.1. The van der Waals surface area contributed by atoms with Crippen LogP contribution >= 0.6 is 0 Å². The number of anilines is 4. The van der Waals surface area contributed by atoms with Gasteiger partial charge in [0.1, 0.15) is 11.5 Å². The lowest BCUT2D eigenvalue weighted by atomic mass is 10.1. The van der Waals surface area contributed by atoms with E-state index in [1.54, 1.807) is 44.6 Å². The molecule has 1 fully saturated rings. The maximum absolute atomic E-state index is 13.4. The molecule has 1 aliphatic heterocycles. The van der Waals surface area contributed by atoms with Crippen LogP contribution in [0.25, 0.3) is 0 Å². The van der Waals surface area contributed by atoms with Crippen LogP contribution in [0.1, 0.15) is 16.8 Å². The minimum atomic E-state index is -0.398. The summed E-state index contributed by atoms with van der Waals surface area (Å²) in [5.41, 5.74) is 3.60. The molecular formula is C31H40N6O4. The number of rotatable bonds is 11. The fourth-order valence-corrected chi connectivity index (χ4v) is 4.81. The van der Waals surface area contributed by atoms with Crippen molar-refractivity contribution in [3.63, 3.8) is 0 Å². The van der Waals surface area contributed by atoms with Crippen LogP contribution in [0, 0.1) is 0 Å². The molecule has 1 saturated heterocycles. The molecular weight excluding hydrogens is 520 g/mol. The maximum Gasteiger partial charge on any atom is 0.323 e. The van der Waals surface area contributed by atoms with E-state index in [4.69, 9.17) is 9.47 Å². The SMILES string of the molecule is COc1ccc(NC(=O)Nc2ccc(N3CCN(c4ccccc4OC)CC3)c(C(=O)NCCCN(C)C)c2)cc1. The van der Waals surface area contributed by atoms with Gasteiger partial charge in [0.25, 0.3) is 5.91 Å². The molecule has 0 atom stereocenters. The summed E-state index contributed by atoms with van der Waals surface area (Å²) in [7, 11) is 7.30. The van der Waals surface area contributed by atoms with E-state index in [0.717, 1.165) is 56.3 Å². The lowest BCUT2D eigenvalue weighted by Gasteiger charge is -2.38. The summed E-state index contributed by atoms with van der Waals surface area (Å²) >= 11 is 0. The average molecular weight is 561 g/mol. The van der Waals surface area contributed by atoms with Crippen molar-refractivity contribution in [3.05, 3.63) is 72.3 Å². The molecule has 0 radical (unpaired) electrons. The normalized spacial score (nSPS) is 13.1. The number of carbonyl (C=O) groups is 2. The number of amides is 3. The van der Waals surface area contributed by atoms with Crippen molar-refractivity contribution in [1.82, 2.24) is 10.2 Å². The summed E-state index contributed by atoms with van der Waals surface area (Å²) < 4.78 is 10.7. The molecule has 3 N–H and O–H groups in total. The maximum atomic E-state index is 13.4. The summed E-state index contributed by atoms with van der Waals surface area (Å²) in [5, 5.41) is 8.73. The lowest BCUT2D eigenvalue weighted by molar-refractivity contribution is 0.0952. The lowest BCUT2D eigenvalue weighted by Crippen LogP contribution is -2.47. The van der Waals surface area contributed by atoms with Crippen LogP contribution in [0.3, 0.4) is 0 Å². The molecule has 0 spiro atoms. The van der Waals surface area contributed by atoms with Gasteiger partial charge in [0.05, 0.1) is 25.5 Å². The highest BCUT2D eigenvalue weighted by Gasteiger charge is 2.24. The Hall–Kier alpha value is -4.44. The number of ether oxygens (including phenoxy) is 2.